The highest BCUT2D eigenvalue weighted by Crippen LogP contribution is 2.26. The van der Waals surface area contributed by atoms with E-state index >= 15 is 0 Å². The van der Waals surface area contributed by atoms with E-state index in [1.165, 1.54) is 33.8 Å². The molecule has 0 bridgehead atoms. The summed E-state index contributed by atoms with van der Waals surface area (Å²) < 4.78 is 34.1. The number of nitrogens with one attached hydrogen (secondary N) is 1. The number of nitrogens with zero attached hydrogens (tertiary/aromatic N) is 4. The van der Waals surface area contributed by atoms with Crippen molar-refractivity contribution in [3.05, 3.63) is 75.2 Å². The third-order valence-corrected chi connectivity index (χ3v) is 11.3. The SMILES string of the molecule is COCc1nc(CN2CCN([C@H](C(=O)N[C@@H](Cc3ccccc3)[C@@H](O)CN(CC(C)C)S(=O)(=O)c3ccc(Cl)c(N)c3)C(C)C)C2=O)cs1. The van der Waals surface area contributed by atoms with Crippen LogP contribution in [0.2, 0.25) is 5.02 Å². The second-order valence-corrected chi connectivity index (χ2v) is 16.3. The van der Waals surface area contributed by atoms with Crippen LogP contribution in [0.5, 0.6) is 0 Å². The molecule has 3 aromatic rings. The van der Waals surface area contributed by atoms with Gasteiger partial charge in [0.05, 0.1) is 46.6 Å². The number of nitrogen functional groups attached to an aromatic ring is 1. The van der Waals surface area contributed by atoms with Crippen molar-refractivity contribution in [2.45, 2.75) is 70.4 Å². The van der Waals surface area contributed by atoms with Gasteiger partial charge in [0.15, 0.2) is 0 Å². The Labute approximate surface area is 298 Å². The van der Waals surface area contributed by atoms with Crippen LogP contribution in [-0.2, 0) is 39.1 Å². The molecule has 1 aliphatic heterocycles. The van der Waals surface area contributed by atoms with Gasteiger partial charge in [0.1, 0.15) is 11.0 Å². The fraction of sp³-hybridized carbons (Fsp3) is 0.500. The lowest BCUT2D eigenvalue weighted by molar-refractivity contribution is -0.128. The van der Waals surface area contributed by atoms with Gasteiger partial charge in [-0.3, -0.25) is 4.79 Å². The third-order valence-electron chi connectivity index (χ3n) is 8.24. The van der Waals surface area contributed by atoms with E-state index in [9.17, 15) is 23.1 Å². The number of amides is 3. The van der Waals surface area contributed by atoms with Crippen LogP contribution in [0.15, 0.2) is 58.8 Å². The van der Waals surface area contributed by atoms with E-state index in [0.29, 0.717) is 26.2 Å². The molecule has 0 radical (unpaired) electrons. The summed E-state index contributed by atoms with van der Waals surface area (Å²) in [5.41, 5.74) is 7.66. The first-order valence-electron chi connectivity index (χ1n) is 16.3. The summed E-state index contributed by atoms with van der Waals surface area (Å²) >= 11 is 7.52. The fourth-order valence-corrected chi connectivity index (χ4v) is 8.41. The van der Waals surface area contributed by atoms with E-state index in [-0.39, 0.29) is 53.0 Å². The molecule has 49 heavy (non-hydrogen) atoms. The highest BCUT2D eigenvalue weighted by atomic mass is 35.5. The largest absolute Gasteiger partial charge is 0.397 e. The number of nitrogens with two attached hydrogens (primary N) is 1. The number of anilines is 1. The zero-order chi connectivity index (χ0) is 35.9. The molecule has 15 heteroatoms. The van der Waals surface area contributed by atoms with E-state index in [1.807, 2.05) is 63.4 Å². The summed E-state index contributed by atoms with van der Waals surface area (Å²) in [6, 6.07) is 11.5. The minimum atomic E-state index is -4.10. The maximum Gasteiger partial charge on any atom is 0.321 e. The Morgan fingerprint density at radius 2 is 1.86 bits per heavy atom. The summed E-state index contributed by atoms with van der Waals surface area (Å²) in [7, 11) is -2.49. The summed E-state index contributed by atoms with van der Waals surface area (Å²) in [4.78, 5) is 35.4. The first-order chi connectivity index (χ1) is 23.2. The van der Waals surface area contributed by atoms with Crippen molar-refractivity contribution in [1.29, 1.82) is 0 Å². The number of sulfonamides is 1. The van der Waals surface area contributed by atoms with Crippen molar-refractivity contribution < 1.29 is 27.9 Å². The van der Waals surface area contributed by atoms with Crippen LogP contribution in [0, 0.1) is 11.8 Å². The summed E-state index contributed by atoms with van der Waals surface area (Å²) in [5.74, 6) is -0.747. The van der Waals surface area contributed by atoms with Gasteiger partial charge in [-0.2, -0.15) is 4.31 Å². The predicted molar refractivity (Wildman–Crippen MR) is 192 cm³/mol. The fourth-order valence-electron chi connectivity index (χ4n) is 5.88. The number of hydrogen-bond donors (Lipinski definition) is 3. The summed E-state index contributed by atoms with van der Waals surface area (Å²) in [6.07, 6.45) is -1.07. The number of aliphatic hydroxyl groups is 1. The number of benzene rings is 2. The minimum absolute atomic E-state index is 0.0459. The number of aliphatic hydroxyl groups excluding tert-OH is 1. The number of rotatable bonds is 17. The number of urea groups is 1. The zero-order valence-electron chi connectivity index (χ0n) is 28.6. The van der Waals surface area contributed by atoms with E-state index in [1.54, 1.807) is 16.9 Å². The Bertz CT molecular complexity index is 1670. The highest BCUT2D eigenvalue weighted by molar-refractivity contribution is 7.89. The summed E-state index contributed by atoms with van der Waals surface area (Å²) in [5, 5.41) is 17.7. The maximum atomic E-state index is 14.1. The lowest BCUT2D eigenvalue weighted by atomic mass is 9.97. The molecule has 3 atom stereocenters. The van der Waals surface area contributed by atoms with Crippen molar-refractivity contribution in [2.24, 2.45) is 11.8 Å². The molecule has 1 fully saturated rings. The number of aromatic nitrogens is 1. The molecule has 0 aliphatic carbocycles. The number of halogens is 1. The van der Waals surface area contributed by atoms with Crippen LogP contribution in [0.25, 0.3) is 0 Å². The molecular formula is C34H47ClN6O6S2. The molecule has 1 saturated heterocycles. The molecule has 268 valence electrons. The van der Waals surface area contributed by atoms with Gasteiger partial charge in [-0.25, -0.2) is 18.2 Å². The number of thiazole rings is 1. The van der Waals surface area contributed by atoms with Gasteiger partial charge < -0.3 is 30.7 Å². The lowest BCUT2D eigenvalue weighted by Gasteiger charge is -2.34. The minimum Gasteiger partial charge on any atom is -0.397 e. The normalized spacial score (nSPS) is 15.8. The van der Waals surface area contributed by atoms with Gasteiger partial charge in [0.25, 0.3) is 0 Å². The van der Waals surface area contributed by atoms with Crippen molar-refractivity contribution >= 4 is 50.6 Å². The number of hydrogen-bond acceptors (Lipinski definition) is 9. The Kier molecular flexibility index (Phi) is 13.4. The topological polar surface area (TPSA) is 158 Å². The maximum absolute atomic E-state index is 14.1. The van der Waals surface area contributed by atoms with Gasteiger partial charge in [0.2, 0.25) is 15.9 Å². The van der Waals surface area contributed by atoms with Crippen molar-refractivity contribution in [3.8, 4) is 0 Å². The molecule has 4 rings (SSSR count). The predicted octanol–water partition coefficient (Wildman–Crippen LogP) is 4.22. The van der Waals surface area contributed by atoms with Gasteiger partial charge in [-0.1, -0.05) is 69.6 Å². The Balaban J connectivity index is 1.56. The molecule has 12 nitrogen and oxygen atoms in total. The molecular weight excluding hydrogens is 688 g/mol. The molecule has 1 aromatic heterocycles. The average molecular weight is 735 g/mol. The van der Waals surface area contributed by atoms with Gasteiger partial charge in [0, 0.05) is 38.7 Å². The van der Waals surface area contributed by atoms with Gasteiger partial charge in [-0.05, 0) is 42.0 Å². The first-order valence-corrected chi connectivity index (χ1v) is 19.0. The van der Waals surface area contributed by atoms with Gasteiger partial charge in [-0.15, -0.1) is 11.3 Å². The molecule has 4 N–H and O–H groups in total. The zero-order valence-corrected chi connectivity index (χ0v) is 31.0. The monoisotopic (exact) mass is 734 g/mol. The molecule has 2 heterocycles. The first kappa shape index (κ1) is 38.5. The molecule has 2 aromatic carbocycles. The highest BCUT2D eigenvalue weighted by Gasteiger charge is 2.40. The van der Waals surface area contributed by atoms with E-state index < -0.39 is 34.1 Å². The van der Waals surface area contributed by atoms with Crippen LogP contribution in [0.3, 0.4) is 0 Å². The molecule has 0 spiro atoms. The molecule has 0 saturated carbocycles. The van der Waals surface area contributed by atoms with Crippen LogP contribution in [0.4, 0.5) is 10.5 Å². The van der Waals surface area contributed by atoms with Gasteiger partial charge >= 0.3 is 6.03 Å². The number of ether oxygens (including phenoxy) is 1. The second kappa shape index (κ2) is 17.1. The second-order valence-electron chi connectivity index (χ2n) is 13.0. The smallest absolute Gasteiger partial charge is 0.321 e. The van der Waals surface area contributed by atoms with Crippen molar-refractivity contribution in [3.63, 3.8) is 0 Å². The Morgan fingerprint density at radius 3 is 2.49 bits per heavy atom. The molecule has 3 amide bonds. The number of carbonyl (C=O) groups is 2. The van der Waals surface area contributed by atoms with Crippen LogP contribution in [0.1, 0.15) is 44.0 Å². The van der Waals surface area contributed by atoms with Crippen LogP contribution >= 0.6 is 22.9 Å². The Morgan fingerprint density at radius 1 is 1.14 bits per heavy atom. The third kappa shape index (κ3) is 9.92. The average Bonchev–Trinajstić information content (AvgIpc) is 3.64. The number of methoxy groups -OCH3 is 1. The quantitative estimate of drug-likeness (QED) is 0.174. The van der Waals surface area contributed by atoms with Crippen molar-refractivity contribution in [2.75, 3.05) is 39.0 Å². The van der Waals surface area contributed by atoms with E-state index in [0.717, 1.165) is 16.3 Å². The van der Waals surface area contributed by atoms with Crippen LogP contribution < -0.4 is 11.1 Å². The standard InChI is InChI=1S/C34H47ClN6O6S2/c1-22(2)17-40(49(45,46)26-11-12-27(35)28(36)16-26)19-30(42)29(15-24-9-7-6-8-10-24)38-33(43)32(23(3)4)41-14-13-39(34(41)44)18-25-21-48-31(37-25)20-47-5/h6-12,16,21-23,29-30,32,42H,13-15,17-20,36H2,1-5H3,(H,38,43)/t29-,30-,32-/m0/s1. The van der Waals surface area contributed by atoms with Crippen LogP contribution in [-0.4, -0.2) is 96.0 Å². The summed E-state index contributed by atoms with van der Waals surface area (Å²) in [6.45, 7) is 8.82. The Hall–Kier alpha value is -3.27. The lowest BCUT2D eigenvalue weighted by Crippen LogP contribution is -2.57. The molecule has 1 aliphatic rings. The van der Waals surface area contributed by atoms with E-state index in [4.69, 9.17) is 22.1 Å². The number of carbonyl (C=O) groups excluding carboxylic acids is 2. The van der Waals surface area contributed by atoms with E-state index in [2.05, 4.69) is 10.3 Å². The molecule has 0 unspecified atom stereocenters. The van der Waals surface area contributed by atoms with Crippen molar-refractivity contribution in [1.82, 2.24) is 24.4 Å².